The number of rotatable bonds is 9. The highest BCUT2D eigenvalue weighted by Gasteiger charge is 2.27. The van der Waals surface area contributed by atoms with Gasteiger partial charge in [-0.25, -0.2) is 8.42 Å². The van der Waals surface area contributed by atoms with E-state index in [0.717, 1.165) is 6.07 Å². The lowest BCUT2D eigenvalue weighted by Crippen LogP contribution is -2.31. The minimum Gasteiger partial charge on any atom is -0.277 e. The number of nitrogens with zero attached hydrogens (tertiary/aromatic N) is 4. The molecule has 160 valence electrons. The Kier molecular flexibility index (Phi) is 7.19. The van der Waals surface area contributed by atoms with Crippen molar-refractivity contribution in [2.75, 3.05) is 18.5 Å². The van der Waals surface area contributed by atoms with Gasteiger partial charge in [0.1, 0.15) is 4.90 Å². The normalized spacial score (nSPS) is 12.1. The van der Waals surface area contributed by atoms with Crippen molar-refractivity contribution in [2.45, 2.75) is 25.7 Å². The topological polar surface area (TPSA) is 148 Å². The molecule has 0 heterocycles. The molecule has 2 aromatic rings. The van der Waals surface area contributed by atoms with Gasteiger partial charge in [0.05, 0.1) is 21.2 Å². The first-order valence-corrected chi connectivity index (χ1v) is 10.4. The lowest BCUT2D eigenvalue weighted by atomic mass is 10.1. The van der Waals surface area contributed by atoms with Crippen LogP contribution in [0.2, 0.25) is 0 Å². The summed E-state index contributed by atoms with van der Waals surface area (Å²) in [5, 5.41) is 26.0. The molecule has 0 fully saturated rings. The summed E-state index contributed by atoms with van der Waals surface area (Å²) in [7, 11) is -3.99. The molecular formula is C18H21N5O6S. The van der Waals surface area contributed by atoms with Crippen molar-refractivity contribution in [1.29, 1.82) is 0 Å². The zero-order chi connectivity index (χ0) is 22.5. The summed E-state index contributed by atoms with van der Waals surface area (Å²) in [6.45, 7) is 5.38. The average Bonchev–Trinajstić information content (AvgIpc) is 2.72. The van der Waals surface area contributed by atoms with Gasteiger partial charge in [0.25, 0.3) is 11.4 Å². The average molecular weight is 435 g/mol. The summed E-state index contributed by atoms with van der Waals surface area (Å²) in [5.41, 5.74) is 3.33. The van der Waals surface area contributed by atoms with Crippen molar-refractivity contribution in [2.24, 2.45) is 5.10 Å². The van der Waals surface area contributed by atoms with Gasteiger partial charge < -0.3 is 0 Å². The van der Waals surface area contributed by atoms with Crippen LogP contribution in [-0.2, 0) is 10.0 Å². The number of hydrogen-bond acceptors (Lipinski definition) is 8. The molecule has 0 saturated heterocycles. The second-order valence-electron chi connectivity index (χ2n) is 6.14. The Morgan fingerprint density at radius 1 is 1.00 bits per heavy atom. The number of anilines is 1. The van der Waals surface area contributed by atoms with Crippen LogP contribution < -0.4 is 5.43 Å². The quantitative estimate of drug-likeness (QED) is 0.360. The van der Waals surface area contributed by atoms with Crippen molar-refractivity contribution >= 4 is 32.8 Å². The van der Waals surface area contributed by atoms with Crippen LogP contribution in [0.1, 0.15) is 26.3 Å². The maximum absolute atomic E-state index is 13.0. The largest absolute Gasteiger partial charge is 0.277 e. The Bertz CT molecular complexity index is 1080. The van der Waals surface area contributed by atoms with E-state index in [0.29, 0.717) is 11.3 Å². The van der Waals surface area contributed by atoms with Gasteiger partial charge in [0, 0.05) is 37.4 Å². The van der Waals surface area contributed by atoms with E-state index in [1.165, 1.54) is 40.7 Å². The van der Waals surface area contributed by atoms with E-state index in [1.54, 1.807) is 20.8 Å². The lowest BCUT2D eigenvalue weighted by Gasteiger charge is -2.20. The minimum absolute atomic E-state index is 0.0671. The van der Waals surface area contributed by atoms with E-state index >= 15 is 0 Å². The molecule has 0 aliphatic heterocycles. The van der Waals surface area contributed by atoms with Crippen LogP contribution >= 0.6 is 0 Å². The highest BCUT2D eigenvalue weighted by molar-refractivity contribution is 7.89. The molecule has 0 aromatic heterocycles. The molecule has 0 unspecified atom stereocenters. The van der Waals surface area contributed by atoms with Crippen molar-refractivity contribution in [1.82, 2.24) is 4.31 Å². The van der Waals surface area contributed by atoms with Crippen LogP contribution in [0.15, 0.2) is 52.5 Å². The molecule has 0 radical (unpaired) electrons. The van der Waals surface area contributed by atoms with Gasteiger partial charge in [-0.2, -0.15) is 9.41 Å². The number of nitro groups is 2. The summed E-state index contributed by atoms with van der Waals surface area (Å²) in [6, 6.07) is 9.14. The Labute approximate surface area is 173 Å². The molecule has 0 saturated carbocycles. The maximum atomic E-state index is 13.0. The smallest absolute Gasteiger partial charge is 0.270 e. The monoisotopic (exact) mass is 435 g/mol. The number of hydrazone groups is 1. The third-order valence-electron chi connectivity index (χ3n) is 4.34. The number of nitro benzene ring substituents is 2. The number of sulfonamides is 1. The van der Waals surface area contributed by atoms with Crippen LogP contribution in [0.5, 0.6) is 0 Å². The summed E-state index contributed by atoms with van der Waals surface area (Å²) in [6.07, 6.45) is 0. The number of benzene rings is 2. The van der Waals surface area contributed by atoms with Crippen LogP contribution in [0.3, 0.4) is 0 Å². The molecule has 0 atom stereocenters. The van der Waals surface area contributed by atoms with Crippen molar-refractivity contribution in [3.05, 3.63) is 68.3 Å². The Hall–Kier alpha value is -3.38. The molecule has 2 rings (SSSR count). The van der Waals surface area contributed by atoms with E-state index < -0.39 is 19.9 Å². The van der Waals surface area contributed by atoms with E-state index in [4.69, 9.17) is 0 Å². The summed E-state index contributed by atoms with van der Waals surface area (Å²) in [5.74, 6) is 0. The van der Waals surface area contributed by atoms with Gasteiger partial charge in [-0.3, -0.25) is 25.7 Å². The standard InChI is InChI=1S/C18H21N5O6S/c1-4-21(5-2)30(28,29)18-12-16(23(26)27)10-11-17(18)20-19-13(3)14-6-8-15(9-7-14)22(24)25/h6-12,20H,4-5H2,1-3H3/b19-13-. The zero-order valence-electron chi connectivity index (χ0n) is 16.6. The Morgan fingerprint density at radius 2 is 1.53 bits per heavy atom. The second kappa shape index (κ2) is 9.41. The van der Waals surface area contributed by atoms with Crippen molar-refractivity contribution in [3.8, 4) is 0 Å². The van der Waals surface area contributed by atoms with Crippen LogP contribution in [0, 0.1) is 20.2 Å². The predicted octanol–water partition coefficient (Wildman–Crippen LogP) is 3.37. The second-order valence-corrected chi connectivity index (χ2v) is 8.05. The summed E-state index contributed by atoms with van der Waals surface area (Å²) in [4.78, 5) is 20.4. The molecule has 11 nitrogen and oxygen atoms in total. The van der Waals surface area contributed by atoms with Crippen LogP contribution in [0.4, 0.5) is 17.1 Å². The van der Waals surface area contributed by atoms with E-state index in [2.05, 4.69) is 10.5 Å². The molecule has 0 aliphatic carbocycles. The van der Waals surface area contributed by atoms with Crippen molar-refractivity contribution < 1.29 is 18.3 Å². The summed E-state index contributed by atoms with van der Waals surface area (Å²) >= 11 is 0. The molecule has 1 N–H and O–H groups in total. The van der Waals surface area contributed by atoms with Gasteiger partial charge in [-0.1, -0.05) is 13.8 Å². The third-order valence-corrected chi connectivity index (χ3v) is 6.43. The maximum Gasteiger partial charge on any atom is 0.270 e. The Balaban J connectivity index is 2.44. The van der Waals surface area contributed by atoms with Crippen LogP contribution in [-0.4, -0.2) is 41.4 Å². The molecular weight excluding hydrogens is 414 g/mol. The van der Waals surface area contributed by atoms with E-state index in [1.807, 2.05) is 0 Å². The SMILES string of the molecule is CCN(CC)S(=O)(=O)c1cc([N+](=O)[O-])ccc1N/N=C(/C)c1ccc([N+](=O)[O-])cc1. The minimum atomic E-state index is -3.99. The van der Waals surface area contributed by atoms with E-state index in [9.17, 15) is 28.6 Å². The molecule has 0 aliphatic rings. The molecule has 0 amide bonds. The van der Waals surface area contributed by atoms with Gasteiger partial charge in [-0.15, -0.1) is 0 Å². The molecule has 0 bridgehead atoms. The third kappa shape index (κ3) is 4.96. The highest BCUT2D eigenvalue weighted by atomic mass is 32.2. The first kappa shape index (κ1) is 22.9. The van der Waals surface area contributed by atoms with Crippen LogP contribution in [0.25, 0.3) is 0 Å². The number of non-ortho nitro benzene ring substituents is 2. The van der Waals surface area contributed by atoms with Gasteiger partial charge in [0.2, 0.25) is 10.0 Å². The van der Waals surface area contributed by atoms with Gasteiger partial charge >= 0.3 is 0 Å². The molecule has 2 aromatic carbocycles. The van der Waals surface area contributed by atoms with E-state index in [-0.39, 0.29) is 35.0 Å². The number of nitrogens with one attached hydrogen (secondary N) is 1. The fourth-order valence-corrected chi connectivity index (χ4v) is 4.29. The summed E-state index contributed by atoms with van der Waals surface area (Å²) < 4.78 is 27.1. The van der Waals surface area contributed by atoms with Crippen molar-refractivity contribution in [3.63, 3.8) is 0 Å². The molecule has 30 heavy (non-hydrogen) atoms. The molecule has 12 heteroatoms. The first-order valence-electron chi connectivity index (χ1n) is 8.95. The predicted molar refractivity (Wildman–Crippen MR) is 112 cm³/mol. The number of hydrogen-bond donors (Lipinski definition) is 1. The van der Waals surface area contributed by atoms with Gasteiger partial charge in [0.15, 0.2) is 0 Å². The fraction of sp³-hybridized carbons (Fsp3) is 0.278. The zero-order valence-corrected chi connectivity index (χ0v) is 17.4. The Morgan fingerprint density at radius 3 is 2.03 bits per heavy atom. The highest BCUT2D eigenvalue weighted by Crippen LogP contribution is 2.29. The lowest BCUT2D eigenvalue weighted by molar-refractivity contribution is -0.385. The first-order chi connectivity index (χ1) is 14.1. The fourth-order valence-electron chi connectivity index (χ4n) is 2.67. The molecule has 0 spiro atoms. The van der Waals surface area contributed by atoms with Gasteiger partial charge in [-0.05, 0) is 30.7 Å².